The van der Waals surface area contributed by atoms with Crippen LogP contribution in [-0.4, -0.2) is 25.1 Å². The average molecular weight is 324 g/mol. The largest absolute Gasteiger partial charge is 0.508 e. The highest BCUT2D eigenvalue weighted by molar-refractivity contribution is 7.60. The Kier molecular flexibility index (Phi) is 4.47. The third-order valence-corrected chi connectivity index (χ3v) is 4.48. The highest BCUT2D eigenvalue weighted by atomic mass is 31.2. The van der Waals surface area contributed by atoms with E-state index in [0.29, 0.717) is 12.0 Å². The Morgan fingerprint density at radius 3 is 2.09 bits per heavy atom. The van der Waals surface area contributed by atoms with E-state index in [1.165, 1.54) is 12.1 Å². The lowest BCUT2D eigenvalue weighted by molar-refractivity contribution is 0.385. The molecule has 2 rings (SSSR count). The van der Waals surface area contributed by atoms with Crippen LogP contribution in [0, 0.1) is 0 Å². The highest BCUT2D eigenvalue weighted by Gasteiger charge is 2.29. The molecule has 118 valence electrons. The number of phenols is 3. The zero-order valence-corrected chi connectivity index (χ0v) is 12.7. The first-order valence-electron chi connectivity index (χ1n) is 6.65. The minimum absolute atomic E-state index is 0.0729. The van der Waals surface area contributed by atoms with E-state index in [0.717, 1.165) is 12.1 Å². The van der Waals surface area contributed by atoms with Gasteiger partial charge in [-0.2, -0.15) is 0 Å². The zero-order valence-electron chi connectivity index (χ0n) is 11.8. The summed E-state index contributed by atoms with van der Waals surface area (Å²) in [5.74, 6) is -1.20. The molecule has 2 aromatic rings. The molecule has 0 radical (unpaired) electrons. The van der Waals surface area contributed by atoms with Crippen LogP contribution in [0.15, 0.2) is 36.4 Å². The van der Waals surface area contributed by atoms with Gasteiger partial charge in [0.25, 0.3) is 0 Å². The van der Waals surface area contributed by atoms with Crippen molar-refractivity contribution < 1.29 is 29.7 Å². The highest BCUT2D eigenvalue weighted by Crippen LogP contribution is 2.44. The van der Waals surface area contributed by atoms with Crippen molar-refractivity contribution >= 4 is 12.9 Å². The van der Waals surface area contributed by atoms with E-state index in [1.807, 2.05) is 6.92 Å². The van der Waals surface area contributed by atoms with Crippen molar-refractivity contribution in [1.82, 2.24) is 0 Å². The average Bonchev–Trinajstić information content (AvgIpc) is 2.42. The number of aromatic hydroxyl groups is 3. The van der Waals surface area contributed by atoms with Crippen LogP contribution in [0.5, 0.6) is 17.2 Å². The van der Waals surface area contributed by atoms with Gasteiger partial charge in [-0.1, -0.05) is 19.1 Å². The fourth-order valence-electron chi connectivity index (χ4n) is 2.52. The molecule has 0 aliphatic carbocycles. The van der Waals surface area contributed by atoms with E-state index in [1.54, 1.807) is 12.1 Å². The Morgan fingerprint density at radius 2 is 1.59 bits per heavy atom. The molecule has 5 N–H and O–H groups in total. The van der Waals surface area contributed by atoms with Gasteiger partial charge in [0.1, 0.15) is 17.2 Å². The first-order chi connectivity index (χ1) is 10.2. The predicted octanol–water partition coefficient (Wildman–Crippen LogP) is 2.15. The number of benzene rings is 2. The monoisotopic (exact) mass is 324 g/mol. The molecule has 6 nitrogen and oxygen atoms in total. The molecule has 7 heteroatoms. The smallest absolute Gasteiger partial charge is 0.356 e. The van der Waals surface area contributed by atoms with Gasteiger partial charge >= 0.3 is 7.60 Å². The quantitative estimate of drug-likeness (QED) is 0.550. The van der Waals surface area contributed by atoms with Gasteiger partial charge in [-0.15, -0.1) is 0 Å². The predicted molar refractivity (Wildman–Crippen MR) is 81.7 cm³/mol. The summed E-state index contributed by atoms with van der Waals surface area (Å²) in [6.07, 6.45) is 0.468. The molecule has 1 unspecified atom stereocenters. The second-order valence-electron chi connectivity index (χ2n) is 4.99. The van der Waals surface area contributed by atoms with Gasteiger partial charge in [-0.05, 0) is 30.2 Å². The molecule has 0 saturated carbocycles. The van der Waals surface area contributed by atoms with Crippen molar-refractivity contribution in [2.75, 3.05) is 0 Å². The molecule has 0 saturated heterocycles. The van der Waals surface area contributed by atoms with Crippen LogP contribution in [0.4, 0.5) is 0 Å². The molecular weight excluding hydrogens is 307 g/mol. The lowest BCUT2D eigenvalue weighted by Crippen LogP contribution is -2.16. The van der Waals surface area contributed by atoms with Crippen molar-refractivity contribution in [2.24, 2.45) is 0 Å². The van der Waals surface area contributed by atoms with Crippen LogP contribution in [-0.2, 0) is 4.57 Å². The van der Waals surface area contributed by atoms with Crippen LogP contribution >= 0.6 is 7.60 Å². The fraction of sp³-hybridized carbons (Fsp3) is 0.200. The van der Waals surface area contributed by atoms with Crippen LogP contribution < -0.4 is 5.30 Å². The zero-order chi connectivity index (χ0) is 16.5. The molecule has 0 bridgehead atoms. The molecule has 0 aliphatic heterocycles. The second-order valence-corrected chi connectivity index (χ2v) is 6.56. The van der Waals surface area contributed by atoms with Gasteiger partial charge in [-0.3, -0.25) is 4.57 Å². The van der Waals surface area contributed by atoms with E-state index in [2.05, 4.69) is 0 Å². The van der Waals surface area contributed by atoms with Crippen molar-refractivity contribution in [2.45, 2.75) is 19.3 Å². The second kappa shape index (κ2) is 6.01. The lowest BCUT2D eigenvalue weighted by atomic mass is 9.88. The first kappa shape index (κ1) is 16.4. The molecule has 22 heavy (non-hydrogen) atoms. The fourth-order valence-corrected chi connectivity index (χ4v) is 3.40. The maximum absolute atomic E-state index is 11.7. The number of rotatable bonds is 4. The Bertz CT molecular complexity index is 720. The van der Waals surface area contributed by atoms with E-state index in [9.17, 15) is 29.7 Å². The van der Waals surface area contributed by atoms with E-state index < -0.39 is 24.6 Å². The molecular formula is C15H17O6P. The van der Waals surface area contributed by atoms with Crippen molar-refractivity contribution in [1.29, 1.82) is 0 Å². The third-order valence-electron chi connectivity index (χ3n) is 3.49. The maximum atomic E-state index is 11.7. The number of hydrogen-bond donors (Lipinski definition) is 5. The number of hydrogen-bond acceptors (Lipinski definition) is 4. The molecule has 1 atom stereocenters. The molecule has 0 fully saturated rings. The minimum atomic E-state index is -4.68. The minimum Gasteiger partial charge on any atom is -0.508 e. The van der Waals surface area contributed by atoms with Crippen molar-refractivity contribution in [3.63, 3.8) is 0 Å². The molecule has 0 amide bonds. The summed E-state index contributed by atoms with van der Waals surface area (Å²) in [4.78, 5) is 19.0. The SMILES string of the molecule is CCC(c1ccc(O)cc1)c1c(O)cc(O)cc1P(=O)(O)O. The van der Waals surface area contributed by atoms with Crippen LogP contribution in [0.25, 0.3) is 0 Å². The summed E-state index contributed by atoms with van der Waals surface area (Å²) in [5, 5.41) is 28.6. The summed E-state index contributed by atoms with van der Waals surface area (Å²) >= 11 is 0. The van der Waals surface area contributed by atoms with Crippen LogP contribution in [0.2, 0.25) is 0 Å². The van der Waals surface area contributed by atoms with E-state index in [4.69, 9.17) is 0 Å². The van der Waals surface area contributed by atoms with Gasteiger partial charge in [0.2, 0.25) is 0 Å². The van der Waals surface area contributed by atoms with Gasteiger partial charge in [-0.25, -0.2) is 0 Å². The summed E-state index contributed by atoms with van der Waals surface area (Å²) < 4.78 is 11.7. The van der Waals surface area contributed by atoms with Crippen molar-refractivity contribution in [3.8, 4) is 17.2 Å². The van der Waals surface area contributed by atoms with Crippen LogP contribution in [0.3, 0.4) is 0 Å². The standard InChI is InChI=1S/C15H17O6P/c1-2-12(9-3-5-10(16)6-4-9)15-13(18)7-11(17)8-14(15)22(19,20)21/h3-8,12,16-18H,2H2,1H3,(H2,19,20,21). The van der Waals surface area contributed by atoms with E-state index in [-0.39, 0.29) is 17.1 Å². The normalized spacial score (nSPS) is 13.0. The van der Waals surface area contributed by atoms with Gasteiger partial charge < -0.3 is 25.1 Å². The Balaban J connectivity index is 2.67. The van der Waals surface area contributed by atoms with Gasteiger partial charge in [0.05, 0.1) is 5.30 Å². The van der Waals surface area contributed by atoms with Gasteiger partial charge in [0, 0.05) is 17.5 Å². The Hall–Kier alpha value is -2.01. The lowest BCUT2D eigenvalue weighted by Gasteiger charge is -2.21. The summed E-state index contributed by atoms with van der Waals surface area (Å²) in [7, 11) is -4.68. The molecule has 0 spiro atoms. The topological polar surface area (TPSA) is 118 Å². The summed E-state index contributed by atoms with van der Waals surface area (Å²) in [6, 6.07) is 8.20. The van der Waals surface area contributed by atoms with Crippen LogP contribution in [0.1, 0.15) is 30.4 Å². The Labute approximate surface area is 127 Å². The third kappa shape index (κ3) is 3.25. The molecule has 0 aromatic heterocycles. The number of phenolic OH excluding ortho intramolecular Hbond substituents is 3. The van der Waals surface area contributed by atoms with Crippen molar-refractivity contribution in [3.05, 3.63) is 47.5 Å². The summed E-state index contributed by atoms with van der Waals surface area (Å²) in [5.41, 5.74) is 0.773. The Morgan fingerprint density at radius 1 is 1.00 bits per heavy atom. The molecule has 2 aromatic carbocycles. The molecule has 0 aliphatic rings. The first-order valence-corrected chi connectivity index (χ1v) is 8.26. The summed E-state index contributed by atoms with van der Waals surface area (Å²) in [6.45, 7) is 1.81. The maximum Gasteiger partial charge on any atom is 0.356 e. The van der Waals surface area contributed by atoms with E-state index >= 15 is 0 Å². The molecule has 0 heterocycles. The van der Waals surface area contributed by atoms with Gasteiger partial charge in [0.15, 0.2) is 0 Å².